The average Bonchev–Trinajstić information content (AvgIpc) is 3.72. The molecule has 3 aliphatic rings. The minimum Gasteiger partial charge on any atom is -0.380 e. The van der Waals surface area contributed by atoms with Crippen LogP contribution in [-0.4, -0.2) is 167 Å². The predicted octanol–water partition coefficient (Wildman–Crippen LogP) is 8.73. The number of amides is 6. The third-order valence-corrected chi connectivity index (χ3v) is 15.3. The molecule has 2 saturated carbocycles. The molecule has 6 amide bonds. The van der Waals surface area contributed by atoms with Gasteiger partial charge in [0.2, 0.25) is 23.6 Å². The van der Waals surface area contributed by atoms with Gasteiger partial charge in [-0.05, 0) is 127 Å². The Balaban J connectivity index is 0.000000668. The number of allylic oxidation sites excluding steroid dienone is 2. The molecule has 17 heteroatoms. The SMILES string of the molecule is CCC.CCC(C)C(C(CC(C)=O)OC)N(C)C(=O)CNC(=O)CN(C)C.CCC(C)CCCC(C)C(OC)C(C)C(=O)N(C)CCc1cccc(NC(CNC(=O)C(C)NC)=C2CCC2)c1.O=C1C=CC(=O)N1CC=C1CCC1. The number of hydrogen-bond acceptors (Lipinski definition) is 12. The van der Waals surface area contributed by atoms with E-state index < -0.39 is 0 Å². The molecule has 0 spiro atoms. The van der Waals surface area contributed by atoms with E-state index in [1.807, 2.05) is 45.7 Å². The highest BCUT2D eigenvalue weighted by atomic mass is 16.5. The number of likely N-dealkylation sites (N-methyl/N-ethyl adjacent to an activating group) is 4. The number of ether oxygens (including phenoxy) is 2. The predicted molar refractivity (Wildman–Crippen MR) is 324 cm³/mol. The summed E-state index contributed by atoms with van der Waals surface area (Å²) in [7, 11) is 12.3. The molecule has 2 aliphatic carbocycles. The summed E-state index contributed by atoms with van der Waals surface area (Å²) in [6, 6.07) is 7.92. The van der Waals surface area contributed by atoms with Crippen LogP contribution in [0.15, 0.2) is 59.3 Å². The van der Waals surface area contributed by atoms with Crippen LogP contribution in [0.25, 0.3) is 0 Å². The molecule has 2 fully saturated rings. The first-order valence-corrected chi connectivity index (χ1v) is 29.6. The van der Waals surface area contributed by atoms with E-state index in [-0.39, 0.29) is 96.9 Å². The lowest BCUT2D eigenvalue weighted by atomic mass is 9.87. The molecular weight excluding hydrogens is 1010 g/mol. The summed E-state index contributed by atoms with van der Waals surface area (Å²) in [6.07, 6.45) is 18.9. The maximum Gasteiger partial charge on any atom is 0.253 e. The summed E-state index contributed by atoms with van der Waals surface area (Å²) in [6.45, 7) is 22.2. The van der Waals surface area contributed by atoms with Crippen LogP contribution in [0.2, 0.25) is 0 Å². The summed E-state index contributed by atoms with van der Waals surface area (Å²) in [4.78, 5) is 89.9. The number of rotatable bonds is 31. The van der Waals surface area contributed by atoms with Gasteiger partial charge < -0.3 is 45.4 Å². The highest BCUT2D eigenvalue weighted by Crippen LogP contribution is 2.30. The quantitative estimate of drug-likeness (QED) is 0.0408. The topological polar surface area (TPSA) is 199 Å². The van der Waals surface area contributed by atoms with Crippen molar-refractivity contribution in [1.82, 2.24) is 35.6 Å². The fraction of sp³-hybridized carbons (Fsp3) is 0.698. The second kappa shape index (κ2) is 40.0. The molecule has 8 unspecified atom stereocenters. The van der Waals surface area contributed by atoms with Gasteiger partial charge in [0.05, 0.1) is 49.8 Å². The van der Waals surface area contributed by atoms with Crippen molar-refractivity contribution in [2.24, 2.45) is 23.7 Å². The third-order valence-electron chi connectivity index (χ3n) is 15.3. The summed E-state index contributed by atoms with van der Waals surface area (Å²) in [5, 5.41) is 12.2. The summed E-state index contributed by atoms with van der Waals surface area (Å²) < 4.78 is 11.3. The molecule has 0 aromatic heterocycles. The monoisotopic (exact) mass is 1120 g/mol. The van der Waals surface area contributed by atoms with E-state index in [2.05, 4.69) is 80.2 Å². The van der Waals surface area contributed by atoms with Crippen molar-refractivity contribution in [2.45, 2.75) is 183 Å². The van der Waals surface area contributed by atoms with Crippen molar-refractivity contribution in [3.63, 3.8) is 0 Å². The van der Waals surface area contributed by atoms with Crippen LogP contribution < -0.4 is 21.3 Å². The molecular formula is C63H108N8O9. The molecule has 80 heavy (non-hydrogen) atoms. The van der Waals surface area contributed by atoms with Crippen molar-refractivity contribution >= 4 is 46.9 Å². The fourth-order valence-corrected chi connectivity index (χ4v) is 9.42. The number of benzene rings is 1. The van der Waals surface area contributed by atoms with E-state index in [9.17, 15) is 33.6 Å². The highest BCUT2D eigenvalue weighted by molar-refractivity contribution is 6.13. The van der Waals surface area contributed by atoms with Gasteiger partial charge in [0.15, 0.2) is 0 Å². The normalized spacial score (nSPS) is 16.4. The van der Waals surface area contributed by atoms with Crippen LogP contribution in [0.4, 0.5) is 5.69 Å². The average molecular weight is 1120 g/mol. The Bertz CT molecular complexity index is 2130. The van der Waals surface area contributed by atoms with E-state index in [1.54, 1.807) is 52.2 Å². The van der Waals surface area contributed by atoms with Crippen molar-refractivity contribution < 1.29 is 43.0 Å². The number of Topliss-reactive ketones (excluding diaryl/α,β-unsaturated/α-hetero) is 1. The van der Waals surface area contributed by atoms with Gasteiger partial charge in [-0.25, -0.2) is 0 Å². The van der Waals surface area contributed by atoms with E-state index in [0.29, 0.717) is 25.6 Å². The van der Waals surface area contributed by atoms with Gasteiger partial charge in [-0.15, -0.1) is 0 Å². The molecule has 8 atom stereocenters. The first-order valence-electron chi connectivity index (χ1n) is 29.6. The number of imide groups is 1. The summed E-state index contributed by atoms with van der Waals surface area (Å²) in [5.41, 5.74) is 6.02. The number of hydrogen-bond donors (Lipinski definition) is 4. The van der Waals surface area contributed by atoms with Gasteiger partial charge in [0.1, 0.15) is 5.78 Å². The molecule has 1 aliphatic heterocycles. The second-order valence-electron chi connectivity index (χ2n) is 22.5. The smallest absolute Gasteiger partial charge is 0.253 e. The van der Waals surface area contributed by atoms with Crippen LogP contribution >= 0.6 is 0 Å². The molecule has 0 bridgehead atoms. The Kier molecular flexibility index (Phi) is 36.4. The van der Waals surface area contributed by atoms with E-state index in [4.69, 9.17) is 9.47 Å². The van der Waals surface area contributed by atoms with Crippen molar-refractivity contribution in [3.8, 4) is 0 Å². The lowest BCUT2D eigenvalue weighted by molar-refractivity contribution is -0.140. The van der Waals surface area contributed by atoms with Gasteiger partial charge in [-0.2, -0.15) is 0 Å². The molecule has 4 N–H and O–H groups in total. The number of ketones is 1. The van der Waals surface area contributed by atoms with E-state index >= 15 is 0 Å². The molecule has 1 heterocycles. The number of anilines is 1. The first kappa shape index (κ1) is 72.8. The number of methoxy groups -OCH3 is 2. The fourth-order valence-electron chi connectivity index (χ4n) is 9.42. The molecule has 454 valence electrons. The van der Waals surface area contributed by atoms with Crippen molar-refractivity contribution in [3.05, 3.63) is 64.9 Å². The molecule has 1 aromatic rings. The summed E-state index contributed by atoms with van der Waals surface area (Å²) in [5.74, 6) is 0.451. The lowest BCUT2D eigenvalue weighted by Crippen LogP contribution is -2.52. The van der Waals surface area contributed by atoms with Gasteiger partial charge >= 0.3 is 0 Å². The Morgan fingerprint density at radius 3 is 1.93 bits per heavy atom. The molecule has 0 radical (unpaired) electrons. The van der Waals surface area contributed by atoms with Crippen LogP contribution in [0.1, 0.15) is 158 Å². The Hall–Kier alpha value is -5.23. The van der Waals surface area contributed by atoms with Crippen LogP contribution in [-0.2, 0) is 49.5 Å². The first-order chi connectivity index (χ1) is 37.9. The Morgan fingerprint density at radius 2 is 1.43 bits per heavy atom. The number of nitrogens with one attached hydrogen (secondary N) is 4. The van der Waals surface area contributed by atoms with Crippen LogP contribution in [0.5, 0.6) is 0 Å². The van der Waals surface area contributed by atoms with Gasteiger partial charge in [-0.1, -0.05) is 111 Å². The van der Waals surface area contributed by atoms with Gasteiger partial charge in [-0.3, -0.25) is 38.5 Å². The number of carbonyl (C=O) groups is 7. The zero-order chi connectivity index (χ0) is 60.5. The minimum absolute atomic E-state index is 0.00592. The zero-order valence-electron chi connectivity index (χ0n) is 52.6. The standard InChI is InChI=1S/C33H56N4O3.C17H33N3O4.C10H11NO2.C3H8/c1-9-23(2)13-10-14-24(3)31(40-8)25(4)33(39)37(7)20-19-27-15-11-18-29(21-27)36-30(28-16-12-17-28)22-35-32(38)26(5)34-6;1-8-12(2)17(14(24-7)9-13(3)21)20(6)16(23)10-18-15(22)11-19(4)5;12-9-4-5-10(13)11(9)7-6-8-2-1-3-8;1-3-2/h11,15,18,21,23-26,31,34,36H,9-10,12-14,16-17,19-20,22H2,1-8H3,(H,35,38);12,14,17H,8-11H2,1-7H3,(H,18,22);4-6H,1-3,7H2;3H2,1-2H3. The van der Waals surface area contributed by atoms with E-state index in [1.165, 1.54) is 79.2 Å². The van der Waals surface area contributed by atoms with Gasteiger partial charge in [0, 0.05) is 71.4 Å². The third kappa shape index (κ3) is 27.0. The largest absolute Gasteiger partial charge is 0.380 e. The van der Waals surface area contributed by atoms with Crippen molar-refractivity contribution in [2.75, 3.05) is 87.5 Å². The second-order valence-corrected chi connectivity index (χ2v) is 22.5. The number of nitrogens with zero attached hydrogens (tertiary/aromatic N) is 4. The Labute approximate surface area is 483 Å². The van der Waals surface area contributed by atoms with Crippen LogP contribution in [0, 0.1) is 23.7 Å². The minimum atomic E-state index is -0.358. The lowest BCUT2D eigenvalue weighted by Gasteiger charge is -2.37. The molecule has 17 nitrogen and oxygen atoms in total. The van der Waals surface area contributed by atoms with Crippen molar-refractivity contribution in [1.29, 1.82) is 0 Å². The molecule has 1 aromatic carbocycles. The van der Waals surface area contributed by atoms with Crippen LogP contribution in [0.3, 0.4) is 0 Å². The van der Waals surface area contributed by atoms with E-state index in [0.717, 1.165) is 62.2 Å². The maximum absolute atomic E-state index is 13.3. The number of carbonyl (C=O) groups excluding carboxylic acids is 7. The Morgan fingerprint density at radius 1 is 0.800 bits per heavy atom. The molecule has 4 rings (SSSR count). The molecule has 0 saturated heterocycles. The highest BCUT2D eigenvalue weighted by Gasteiger charge is 2.34. The zero-order valence-corrected chi connectivity index (χ0v) is 52.6. The summed E-state index contributed by atoms with van der Waals surface area (Å²) >= 11 is 0. The maximum atomic E-state index is 13.3. The van der Waals surface area contributed by atoms with Gasteiger partial charge in [0.25, 0.3) is 11.8 Å².